The third-order valence-corrected chi connectivity index (χ3v) is 5.21. The summed E-state index contributed by atoms with van der Waals surface area (Å²) in [6.07, 6.45) is 6.26. The van der Waals surface area contributed by atoms with Crippen LogP contribution in [0.5, 0.6) is 0 Å². The van der Waals surface area contributed by atoms with Crippen molar-refractivity contribution in [2.45, 2.75) is 38.1 Å². The number of nitrogens with two attached hydrogens (primary N) is 1. The van der Waals surface area contributed by atoms with Gasteiger partial charge in [-0.2, -0.15) is 0 Å². The third-order valence-electron chi connectivity index (χ3n) is 5.21. The molecule has 0 saturated heterocycles. The minimum atomic E-state index is 0.176. The van der Waals surface area contributed by atoms with Crippen molar-refractivity contribution in [3.63, 3.8) is 0 Å². The molecule has 2 aliphatic carbocycles. The zero-order valence-electron chi connectivity index (χ0n) is 12.6. The van der Waals surface area contributed by atoms with E-state index in [2.05, 4.69) is 11.9 Å². The summed E-state index contributed by atoms with van der Waals surface area (Å²) in [4.78, 5) is 15.8. The smallest absolute Gasteiger partial charge is 0.223 e. The Labute approximate surface area is 117 Å². The highest BCUT2D eigenvalue weighted by atomic mass is 16.2. The SMILES string of the molecule is CN(C)C(=O)CC(CN)N(C)CC1CC2CCC1C2. The summed E-state index contributed by atoms with van der Waals surface area (Å²) >= 11 is 0. The van der Waals surface area contributed by atoms with Gasteiger partial charge in [-0.1, -0.05) is 6.42 Å². The van der Waals surface area contributed by atoms with E-state index in [0.717, 1.165) is 24.3 Å². The van der Waals surface area contributed by atoms with Gasteiger partial charge >= 0.3 is 0 Å². The van der Waals surface area contributed by atoms with Crippen molar-refractivity contribution in [2.75, 3.05) is 34.2 Å². The van der Waals surface area contributed by atoms with Gasteiger partial charge in [0.05, 0.1) is 0 Å². The average molecular weight is 267 g/mol. The number of likely N-dealkylation sites (N-methyl/N-ethyl adjacent to an activating group) is 1. The molecule has 2 bridgehead atoms. The van der Waals surface area contributed by atoms with E-state index in [1.807, 2.05) is 14.1 Å². The lowest BCUT2D eigenvalue weighted by Crippen LogP contribution is -2.44. The lowest BCUT2D eigenvalue weighted by atomic mass is 9.88. The van der Waals surface area contributed by atoms with E-state index >= 15 is 0 Å². The molecule has 2 aliphatic rings. The maximum absolute atomic E-state index is 11.8. The van der Waals surface area contributed by atoms with Crippen LogP contribution in [-0.4, -0.2) is 56.0 Å². The summed E-state index contributed by atoms with van der Waals surface area (Å²) in [7, 11) is 5.75. The van der Waals surface area contributed by atoms with Crippen LogP contribution in [0.3, 0.4) is 0 Å². The van der Waals surface area contributed by atoms with Crippen molar-refractivity contribution in [2.24, 2.45) is 23.5 Å². The first-order chi connectivity index (χ1) is 9.01. The van der Waals surface area contributed by atoms with Gasteiger partial charge in [0.25, 0.3) is 0 Å². The third kappa shape index (κ3) is 3.48. The summed E-state index contributed by atoms with van der Waals surface area (Å²) in [6.45, 7) is 1.68. The molecule has 2 rings (SSSR count). The predicted octanol–water partition coefficient (Wildman–Crippen LogP) is 1.16. The minimum Gasteiger partial charge on any atom is -0.349 e. The number of hydrogen-bond acceptors (Lipinski definition) is 3. The molecule has 2 N–H and O–H groups in total. The maximum Gasteiger partial charge on any atom is 0.223 e. The van der Waals surface area contributed by atoms with E-state index in [1.165, 1.54) is 25.7 Å². The van der Waals surface area contributed by atoms with Crippen LogP contribution in [-0.2, 0) is 4.79 Å². The van der Waals surface area contributed by atoms with E-state index < -0.39 is 0 Å². The first kappa shape index (κ1) is 14.8. The Morgan fingerprint density at radius 1 is 1.26 bits per heavy atom. The Kier molecular flexibility index (Phi) is 4.85. The molecule has 110 valence electrons. The Hall–Kier alpha value is -0.610. The molecule has 2 fully saturated rings. The van der Waals surface area contributed by atoms with Gasteiger partial charge in [0.15, 0.2) is 0 Å². The fourth-order valence-electron chi connectivity index (χ4n) is 3.92. The van der Waals surface area contributed by atoms with Crippen molar-refractivity contribution in [1.29, 1.82) is 0 Å². The van der Waals surface area contributed by atoms with E-state index in [9.17, 15) is 4.79 Å². The number of amides is 1. The van der Waals surface area contributed by atoms with Crippen molar-refractivity contribution < 1.29 is 4.79 Å². The molecule has 0 aromatic rings. The largest absolute Gasteiger partial charge is 0.349 e. The molecule has 4 atom stereocenters. The topological polar surface area (TPSA) is 49.6 Å². The van der Waals surface area contributed by atoms with Gasteiger partial charge in [-0.15, -0.1) is 0 Å². The molecule has 2 saturated carbocycles. The van der Waals surface area contributed by atoms with Gasteiger partial charge in [0, 0.05) is 39.6 Å². The fourth-order valence-corrected chi connectivity index (χ4v) is 3.92. The molecular formula is C15H29N3O. The van der Waals surface area contributed by atoms with E-state index in [4.69, 9.17) is 5.73 Å². The van der Waals surface area contributed by atoms with Crippen LogP contribution < -0.4 is 5.73 Å². The summed E-state index contributed by atoms with van der Waals surface area (Å²) in [6, 6.07) is 0.189. The first-order valence-electron chi connectivity index (χ1n) is 7.61. The number of nitrogens with zero attached hydrogens (tertiary/aromatic N) is 2. The van der Waals surface area contributed by atoms with Crippen LogP contribution in [0.15, 0.2) is 0 Å². The first-order valence-corrected chi connectivity index (χ1v) is 7.61. The molecule has 4 heteroatoms. The molecule has 0 heterocycles. The van der Waals surface area contributed by atoms with Crippen molar-refractivity contribution >= 4 is 5.91 Å². The minimum absolute atomic E-state index is 0.176. The molecule has 0 radical (unpaired) electrons. The van der Waals surface area contributed by atoms with Gasteiger partial charge < -0.3 is 15.5 Å². The van der Waals surface area contributed by atoms with Crippen LogP contribution in [0.2, 0.25) is 0 Å². The fraction of sp³-hybridized carbons (Fsp3) is 0.933. The highest BCUT2D eigenvalue weighted by Crippen LogP contribution is 2.48. The summed E-state index contributed by atoms with van der Waals surface area (Å²) in [5.74, 6) is 2.95. The van der Waals surface area contributed by atoms with Gasteiger partial charge in [-0.25, -0.2) is 0 Å². The molecule has 0 aromatic heterocycles. The van der Waals surface area contributed by atoms with Crippen molar-refractivity contribution in [3.05, 3.63) is 0 Å². The van der Waals surface area contributed by atoms with Gasteiger partial charge in [0.1, 0.15) is 0 Å². The zero-order chi connectivity index (χ0) is 14.0. The van der Waals surface area contributed by atoms with Crippen molar-refractivity contribution in [1.82, 2.24) is 9.80 Å². The Bertz CT molecular complexity index is 319. The second-order valence-electron chi connectivity index (χ2n) is 6.76. The quantitative estimate of drug-likeness (QED) is 0.785. The Morgan fingerprint density at radius 3 is 2.47 bits per heavy atom. The van der Waals surface area contributed by atoms with Gasteiger partial charge in [-0.3, -0.25) is 4.79 Å². The second-order valence-corrected chi connectivity index (χ2v) is 6.76. The highest BCUT2D eigenvalue weighted by Gasteiger charge is 2.40. The number of carbonyl (C=O) groups excluding carboxylic acids is 1. The average Bonchev–Trinajstić information content (AvgIpc) is 2.97. The summed E-state index contributed by atoms with van der Waals surface area (Å²) in [5.41, 5.74) is 5.86. The number of carbonyl (C=O) groups is 1. The van der Waals surface area contributed by atoms with Crippen molar-refractivity contribution in [3.8, 4) is 0 Å². The van der Waals surface area contributed by atoms with Gasteiger partial charge in [-0.05, 0) is 44.1 Å². The summed E-state index contributed by atoms with van der Waals surface area (Å²) < 4.78 is 0. The molecule has 4 nitrogen and oxygen atoms in total. The Morgan fingerprint density at radius 2 is 2.00 bits per heavy atom. The number of fused-ring (bicyclic) bond motifs is 2. The lowest BCUT2D eigenvalue weighted by molar-refractivity contribution is -0.129. The van der Waals surface area contributed by atoms with Crippen LogP contribution in [0.1, 0.15) is 32.1 Å². The molecule has 0 aliphatic heterocycles. The molecular weight excluding hydrogens is 238 g/mol. The highest BCUT2D eigenvalue weighted by molar-refractivity contribution is 5.76. The van der Waals surface area contributed by atoms with Crippen LogP contribution >= 0.6 is 0 Å². The van der Waals surface area contributed by atoms with Crippen LogP contribution in [0.4, 0.5) is 0 Å². The molecule has 0 spiro atoms. The van der Waals surface area contributed by atoms with E-state index in [0.29, 0.717) is 13.0 Å². The van der Waals surface area contributed by atoms with Crippen LogP contribution in [0, 0.1) is 17.8 Å². The monoisotopic (exact) mass is 267 g/mol. The van der Waals surface area contributed by atoms with Crippen LogP contribution in [0.25, 0.3) is 0 Å². The maximum atomic E-state index is 11.8. The Balaban J connectivity index is 1.83. The summed E-state index contributed by atoms with van der Waals surface area (Å²) in [5, 5.41) is 0. The normalized spacial score (nSPS) is 30.9. The molecule has 1 amide bonds. The lowest BCUT2D eigenvalue weighted by Gasteiger charge is -2.32. The standard InChI is InChI=1S/C15H29N3O/c1-17(2)15(19)8-14(9-16)18(3)10-13-7-11-4-5-12(13)6-11/h11-14H,4-10,16H2,1-3H3. The zero-order valence-corrected chi connectivity index (χ0v) is 12.6. The van der Waals surface area contributed by atoms with E-state index in [1.54, 1.807) is 4.90 Å². The second kappa shape index (κ2) is 6.23. The molecule has 19 heavy (non-hydrogen) atoms. The molecule has 0 aromatic carbocycles. The predicted molar refractivity (Wildman–Crippen MR) is 77.7 cm³/mol. The number of hydrogen-bond donors (Lipinski definition) is 1. The number of rotatable bonds is 6. The van der Waals surface area contributed by atoms with Gasteiger partial charge in [0.2, 0.25) is 5.91 Å². The molecule has 4 unspecified atom stereocenters. The van der Waals surface area contributed by atoms with E-state index in [-0.39, 0.29) is 11.9 Å².